The van der Waals surface area contributed by atoms with Crippen molar-refractivity contribution in [3.05, 3.63) is 48.5 Å². The smallest absolute Gasteiger partial charge is 0.229 e. The summed E-state index contributed by atoms with van der Waals surface area (Å²) in [7, 11) is 0. The van der Waals surface area contributed by atoms with Gasteiger partial charge in [0.2, 0.25) is 11.8 Å². The lowest BCUT2D eigenvalue weighted by atomic mass is 10.1. The number of hydrogen-bond acceptors (Lipinski definition) is 5. The minimum absolute atomic E-state index is 0.0398. The van der Waals surface area contributed by atoms with Crippen LogP contribution in [0.3, 0.4) is 0 Å². The van der Waals surface area contributed by atoms with Gasteiger partial charge < -0.3 is 24.6 Å². The molecule has 2 aliphatic rings. The van der Waals surface area contributed by atoms with Gasteiger partial charge in [0.15, 0.2) is 0 Å². The molecule has 2 aromatic rings. The van der Waals surface area contributed by atoms with Crippen molar-refractivity contribution >= 4 is 28.9 Å². The number of carbonyl (C=O) groups excluding carboxylic acids is 2. The number of hydrogen-bond donors (Lipinski definition) is 1. The van der Waals surface area contributed by atoms with Gasteiger partial charge in [-0.25, -0.2) is 0 Å². The Labute approximate surface area is 176 Å². The number of amides is 2. The maximum Gasteiger partial charge on any atom is 0.229 e. The van der Waals surface area contributed by atoms with Gasteiger partial charge in [-0.2, -0.15) is 0 Å². The fourth-order valence-electron chi connectivity index (χ4n) is 3.84. The molecule has 0 unspecified atom stereocenters. The molecular formula is C23H27N3O4. The normalized spacial score (nSPS) is 19.1. The maximum atomic E-state index is 12.7. The monoisotopic (exact) mass is 409 g/mol. The largest absolute Gasteiger partial charge is 0.494 e. The quantitative estimate of drug-likeness (QED) is 0.794. The van der Waals surface area contributed by atoms with E-state index in [4.69, 9.17) is 9.47 Å². The van der Waals surface area contributed by atoms with Crippen LogP contribution in [0.4, 0.5) is 17.1 Å². The predicted molar refractivity (Wildman–Crippen MR) is 116 cm³/mol. The second-order valence-electron chi connectivity index (χ2n) is 7.47. The van der Waals surface area contributed by atoms with Crippen molar-refractivity contribution in [1.29, 1.82) is 0 Å². The predicted octanol–water partition coefficient (Wildman–Crippen LogP) is 2.91. The van der Waals surface area contributed by atoms with E-state index in [1.54, 1.807) is 4.90 Å². The zero-order chi connectivity index (χ0) is 20.9. The Hall–Kier alpha value is -3.06. The van der Waals surface area contributed by atoms with Gasteiger partial charge in [-0.15, -0.1) is 0 Å². The van der Waals surface area contributed by atoms with Crippen LogP contribution in [0.2, 0.25) is 0 Å². The van der Waals surface area contributed by atoms with Crippen molar-refractivity contribution in [2.45, 2.75) is 13.3 Å². The van der Waals surface area contributed by atoms with E-state index in [0.29, 0.717) is 13.2 Å². The molecule has 0 aromatic heterocycles. The van der Waals surface area contributed by atoms with Crippen LogP contribution in [0.25, 0.3) is 0 Å². The number of rotatable bonds is 6. The van der Waals surface area contributed by atoms with Crippen LogP contribution in [0.15, 0.2) is 48.5 Å². The highest BCUT2D eigenvalue weighted by Gasteiger charge is 2.35. The minimum atomic E-state index is -0.372. The number of anilines is 3. The fourth-order valence-corrected chi connectivity index (χ4v) is 3.84. The molecule has 2 amide bonds. The molecule has 1 atom stereocenters. The summed E-state index contributed by atoms with van der Waals surface area (Å²) in [5.74, 6) is 0.226. The lowest BCUT2D eigenvalue weighted by Crippen LogP contribution is -2.36. The van der Waals surface area contributed by atoms with Crippen LogP contribution < -0.4 is 19.9 Å². The van der Waals surface area contributed by atoms with Crippen LogP contribution in [-0.4, -0.2) is 51.3 Å². The zero-order valence-electron chi connectivity index (χ0n) is 17.2. The molecule has 158 valence electrons. The molecule has 0 aliphatic carbocycles. The summed E-state index contributed by atoms with van der Waals surface area (Å²) in [6, 6.07) is 15.2. The molecule has 7 heteroatoms. The van der Waals surface area contributed by atoms with Crippen molar-refractivity contribution in [2.75, 3.05) is 54.6 Å². The van der Waals surface area contributed by atoms with Gasteiger partial charge in [0.25, 0.3) is 0 Å². The first kappa shape index (κ1) is 20.2. The topological polar surface area (TPSA) is 71.1 Å². The molecule has 2 fully saturated rings. The molecule has 0 saturated carbocycles. The van der Waals surface area contributed by atoms with Crippen LogP contribution in [0, 0.1) is 5.92 Å². The van der Waals surface area contributed by atoms with E-state index in [0.717, 1.165) is 49.1 Å². The Morgan fingerprint density at radius 1 is 1.07 bits per heavy atom. The lowest BCUT2D eigenvalue weighted by molar-refractivity contribution is -0.122. The van der Waals surface area contributed by atoms with Crippen molar-refractivity contribution < 1.29 is 19.1 Å². The standard InChI is InChI=1S/C23H27N3O4/c1-2-30-21-9-7-20(8-10-21)26-16-17(15-22(26)27)23(28)24-18-3-5-19(6-4-18)25-11-13-29-14-12-25/h3-10,17H,2,11-16H2,1H3,(H,24,28)/t17-/m0/s1. The minimum Gasteiger partial charge on any atom is -0.494 e. The van der Waals surface area contributed by atoms with Crippen LogP contribution in [0.5, 0.6) is 5.75 Å². The first-order valence-electron chi connectivity index (χ1n) is 10.4. The molecule has 2 aromatic carbocycles. The summed E-state index contributed by atoms with van der Waals surface area (Å²) in [6.07, 6.45) is 0.213. The van der Waals surface area contributed by atoms with Crippen LogP contribution >= 0.6 is 0 Å². The molecule has 0 bridgehead atoms. The Morgan fingerprint density at radius 2 is 1.73 bits per heavy atom. The molecule has 2 aliphatic heterocycles. The molecule has 2 saturated heterocycles. The number of nitrogens with zero attached hydrogens (tertiary/aromatic N) is 2. The van der Waals surface area contributed by atoms with E-state index in [1.807, 2.05) is 55.5 Å². The van der Waals surface area contributed by atoms with E-state index >= 15 is 0 Å². The van der Waals surface area contributed by atoms with E-state index in [1.165, 1.54) is 0 Å². The van der Waals surface area contributed by atoms with E-state index in [2.05, 4.69) is 10.2 Å². The van der Waals surface area contributed by atoms with Gasteiger partial charge in [0.1, 0.15) is 5.75 Å². The number of nitrogens with one attached hydrogen (secondary N) is 1. The van der Waals surface area contributed by atoms with Gasteiger partial charge in [-0.1, -0.05) is 0 Å². The molecule has 30 heavy (non-hydrogen) atoms. The zero-order valence-corrected chi connectivity index (χ0v) is 17.2. The second-order valence-corrected chi connectivity index (χ2v) is 7.47. The summed E-state index contributed by atoms with van der Waals surface area (Å²) in [6.45, 7) is 6.12. The van der Waals surface area contributed by atoms with Gasteiger partial charge in [0.05, 0.1) is 25.7 Å². The Bertz CT molecular complexity index is 876. The summed E-state index contributed by atoms with van der Waals surface area (Å²) in [4.78, 5) is 29.1. The molecule has 0 spiro atoms. The SMILES string of the molecule is CCOc1ccc(N2C[C@@H](C(=O)Nc3ccc(N4CCOCC4)cc3)CC2=O)cc1. The third-order valence-corrected chi connectivity index (χ3v) is 5.47. The van der Waals surface area contributed by atoms with Crippen molar-refractivity contribution in [3.63, 3.8) is 0 Å². The molecule has 2 heterocycles. The van der Waals surface area contributed by atoms with E-state index in [-0.39, 0.29) is 24.2 Å². The highest BCUT2D eigenvalue weighted by molar-refractivity contribution is 6.03. The Kier molecular flexibility index (Phi) is 6.18. The van der Waals surface area contributed by atoms with Crippen LogP contribution in [-0.2, 0) is 14.3 Å². The summed E-state index contributed by atoms with van der Waals surface area (Å²) in [5.41, 5.74) is 2.65. The van der Waals surface area contributed by atoms with Gasteiger partial charge in [0, 0.05) is 43.1 Å². The third kappa shape index (κ3) is 4.57. The summed E-state index contributed by atoms with van der Waals surface area (Å²) in [5, 5.41) is 2.95. The molecule has 4 rings (SSSR count). The highest BCUT2D eigenvalue weighted by Crippen LogP contribution is 2.28. The second kappa shape index (κ2) is 9.17. The molecule has 0 radical (unpaired) electrons. The average molecular weight is 409 g/mol. The first-order chi connectivity index (χ1) is 14.6. The fraction of sp³-hybridized carbons (Fsp3) is 0.391. The molecular weight excluding hydrogens is 382 g/mol. The molecule has 7 nitrogen and oxygen atoms in total. The van der Waals surface area contributed by atoms with Gasteiger partial charge in [-0.3, -0.25) is 9.59 Å². The van der Waals surface area contributed by atoms with Crippen molar-refractivity contribution in [1.82, 2.24) is 0 Å². The van der Waals surface area contributed by atoms with E-state index in [9.17, 15) is 9.59 Å². The number of morpholine rings is 1. The lowest BCUT2D eigenvalue weighted by Gasteiger charge is -2.28. The van der Waals surface area contributed by atoms with Crippen LogP contribution in [0.1, 0.15) is 13.3 Å². The maximum absolute atomic E-state index is 12.7. The molecule has 1 N–H and O–H groups in total. The third-order valence-electron chi connectivity index (χ3n) is 5.47. The Balaban J connectivity index is 1.35. The van der Waals surface area contributed by atoms with Crippen molar-refractivity contribution in [2.24, 2.45) is 5.92 Å². The number of benzene rings is 2. The first-order valence-corrected chi connectivity index (χ1v) is 10.4. The van der Waals surface area contributed by atoms with E-state index < -0.39 is 0 Å². The number of ether oxygens (including phenoxy) is 2. The summed E-state index contributed by atoms with van der Waals surface area (Å²) < 4.78 is 10.8. The highest BCUT2D eigenvalue weighted by atomic mass is 16.5. The summed E-state index contributed by atoms with van der Waals surface area (Å²) >= 11 is 0. The van der Waals surface area contributed by atoms with Crippen molar-refractivity contribution in [3.8, 4) is 5.75 Å². The average Bonchev–Trinajstić information content (AvgIpc) is 3.17. The Morgan fingerprint density at radius 3 is 2.40 bits per heavy atom. The number of carbonyl (C=O) groups is 2. The van der Waals surface area contributed by atoms with Gasteiger partial charge >= 0.3 is 0 Å². The van der Waals surface area contributed by atoms with Gasteiger partial charge in [-0.05, 0) is 55.5 Å².